The minimum atomic E-state index is -0.184. The number of rotatable bonds is 2. The summed E-state index contributed by atoms with van der Waals surface area (Å²) in [5, 5.41) is 5.39. The third kappa shape index (κ3) is 2.71. The highest BCUT2D eigenvalue weighted by molar-refractivity contribution is 6.30. The van der Waals surface area contributed by atoms with E-state index in [0.29, 0.717) is 5.02 Å². The van der Waals surface area contributed by atoms with Gasteiger partial charge in [0.25, 0.3) is 0 Å². The van der Waals surface area contributed by atoms with Crippen molar-refractivity contribution in [1.29, 1.82) is 0 Å². The summed E-state index contributed by atoms with van der Waals surface area (Å²) in [6, 6.07) is 24.3. The van der Waals surface area contributed by atoms with Crippen LogP contribution in [-0.4, -0.2) is 9.78 Å². The number of halogens is 1. The van der Waals surface area contributed by atoms with Crippen molar-refractivity contribution in [3.8, 4) is 22.7 Å². The number of hydrogen-bond donors (Lipinski definition) is 0. The molecule has 5 rings (SSSR count). The quantitative estimate of drug-likeness (QED) is 0.432. The molecular formula is C23H17ClN2O. The van der Waals surface area contributed by atoms with Gasteiger partial charge in [-0.05, 0) is 48.9 Å². The zero-order valence-electron chi connectivity index (χ0n) is 14.8. The molecule has 4 heteroatoms. The van der Waals surface area contributed by atoms with Gasteiger partial charge in [-0.1, -0.05) is 53.6 Å². The molecule has 2 heterocycles. The van der Waals surface area contributed by atoms with E-state index in [1.807, 2.05) is 53.3 Å². The predicted molar refractivity (Wildman–Crippen MR) is 108 cm³/mol. The zero-order chi connectivity index (χ0) is 18.4. The minimum Gasteiger partial charge on any atom is -0.480 e. The smallest absolute Gasteiger partial charge is 0.153 e. The van der Waals surface area contributed by atoms with Gasteiger partial charge in [-0.3, -0.25) is 0 Å². The maximum absolute atomic E-state index is 6.38. The molecule has 4 aromatic rings. The van der Waals surface area contributed by atoms with Crippen LogP contribution in [0.5, 0.6) is 5.75 Å². The first-order valence-corrected chi connectivity index (χ1v) is 9.25. The van der Waals surface area contributed by atoms with Crippen LogP contribution in [0.15, 0.2) is 79.0 Å². The van der Waals surface area contributed by atoms with Crippen LogP contribution in [0.1, 0.15) is 22.8 Å². The van der Waals surface area contributed by atoms with Crippen LogP contribution < -0.4 is 4.74 Å². The van der Waals surface area contributed by atoms with Crippen molar-refractivity contribution in [3.63, 3.8) is 0 Å². The summed E-state index contributed by atoms with van der Waals surface area (Å²) in [6.45, 7) is 2.09. The first-order chi connectivity index (χ1) is 13.2. The average Bonchev–Trinajstić information content (AvgIpc) is 3.14. The Morgan fingerprint density at radius 2 is 1.67 bits per heavy atom. The molecule has 3 aromatic carbocycles. The summed E-state index contributed by atoms with van der Waals surface area (Å²) in [7, 11) is 0. The fraction of sp³-hybridized carbons (Fsp3) is 0.0870. The van der Waals surface area contributed by atoms with Crippen molar-refractivity contribution in [2.24, 2.45) is 0 Å². The predicted octanol–water partition coefficient (Wildman–Crippen LogP) is 5.98. The van der Waals surface area contributed by atoms with Crippen molar-refractivity contribution in [2.75, 3.05) is 0 Å². The Hall–Kier alpha value is -3.04. The molecule has 3 nitrogen and oxygen atoms in total. The van der Waals surface area contributed by atoms with E-state index in [2.05, 4.69) is 42.4 Å². The largest absolute Gasteiger partial charge is 0.480 e. The molecule has 0 saturated carbocycles. The summed E-state index contributed by atoms with van der Waals surface area (Å²) in [5.41, 5.74) is 6.49. The Morgan fingerprint density at radius 1 is 0.926 bits per heavy atom. The topological polar surface area (TPSA) is 27.1 Å². The number of hydrogen-bond acceptors (Lipinski definition) is 2. The Morgan fingerprint density at radius 3 is 2.44 bits per heavy atom. The van der Waals surface area contributed by atoms with Crippen LogP contribution >= 0.6 is 11.6 Å². The summed E-state index contributed by atoms with van der Waals surface area (Å²) in [6.07, 6.45) is 1.72. The Kier molecular flexibility index (Phi) is 3.76. The molecular weight excluding hydrogens is 356 g/mol. The van der Waals surface area contributed by atoms with E-state index in [4.69, 9.17) is 16.3 Å². The lowest BCUT2D eigenvalue weighted by Crippen LogP contribution is -2.15. The second kappa shape index (κ2) is 6.29. The maximum atomic E-state index is 6.38. The third-order valence-electron chi connectivity index (χ3n) is 4.92. The molecule has 132 valence electrons. The fourth-order valence-corrected chi connectivity index (χ4v) is 3.67. The van der Waals surface area contributed by atoms with E-state index in [1.54, 1.807) is 0 Å². The van der Waals surface area contributed by atoms with Gasteiger partial charge in [0, 0.05) is 16.1 Å². The highest BCUT2D eigenvalue weighted by atomic mass is 35.5. The summed E-state index contributed by atoms with van der Waals surface area (Å²) < 4.78 is 8.34. The lowest BCUT2D eigenvalue weighted by Gasteiger charge is -2.27. The van der Waals surface area contributed by atoms with E-state index in [9.17, 15) is 0 Å². The summed E-state index contributed by atoms with van der Waals surface area (Å²) in [4.78, 5) is 0. The monoisotopic (exact) mass is 372 g/mol. The average molecular weight is 373 g/mol. The molecule has 0 saturated heterocycles. The van der Waals surface area contributed by atoms with Gasteiger partial charge in [0.2, 0.25) is 0 Å². The van der Waals surface area contributed by atoms with Crippen LogP contribution in [0, 0.1) is 6.92 Å². The van der Waals surface area contributed by atoms with Gasteiger partial charge in [-0.2, -0.15) is 5.10 Å². The number of fused-ring (bicyclic) bond motifs is 3. The molecule has 0 radical (unpaired) electrons. The molecule has 1 atom stereocenters. The maximum Gasteiger partial charge on any atom is 0.153 e. The van der Waals surface area contributed by atoms with E-state index in [-0.39, 0.29) is 6.10 Å². The van der Waals surface area contributed by atoms with Gasteiger partial charge in [-0.25, -0.2) is 4.68 Å². The van der Waals surface area contributed by atoms with Gasteiger partial charge >= 0.3 is 0 Å². The van der Waals surface area contributed by atoms with Crippen LogP contribution in [-0.2, 0) is 0 Å². The van der Waals surface area contributed by atoms with Gasteiger partial charge in [0.15, 0.2) is 6.10 Å². The molecule has 0 spiro atoms. The number of aryl methyl sites for hydroxylation is 1. The highest BCUT2D eigenvalue weighted by Gasteiger charge is 2.31. The van der Waals surface area contributed by atoms with E-state index in [0.717, 1.165) is 33.8 Å². The SMILES string of the molecule is Cc1ccc(C2Oc3ccccc3-c3c2cnn3-c2ccc(Cl)cc2)cc1. The van der Waals surface area contributed by atoms with Gasteiger partial charge < -0.3 is 4.74 Å². The van der Waals surface area contributed by atoms with E-state index in [1.165, 1.54) is 5.56 Å². The van der Waals surface area contributed by atoms with E-state index >= 15 is 0 Å². The number of para-hydroxylation sites is 1. The van der Waals surface area contributed by atoms with Crippen molar-refractivity contribution in [3.05, 3.63) is 101 Å². The van der Waals surface area contributed by atoms with Crippen LogP contribution in [0.25, 0.3) is 16.9 Å². The number of ether oxygens (including phenoxy) is 1. The number of benzene rings is 3. The lowest BCUT2D eigenvalue weighted by molar-refractivity contribution is 0.243. The highest BCUT2D eigenvalue weighted by Crippen LogP contribution is 2.45. The Balaban J connectivity index is 1.72. The number of nitrogens with zero attached hydrogens (tertiary/aromatic N) is 2. The fourth-order valence-electron chi connectivity index (χ4n) is 3.54. The zero-order valence-corrected chi connectivity index (χ0v) is 15.5. The van der Waals surface area contributed by atoms with Gasteiger partial charge in [0.05, 0.1) is 17.6 Å². The van der Waals surface area contributed by atoms with Crippen LogP contribution in [0.4, 0.5) is 0 Å². The molecule has 0 aliphatic carbocycles. The Bertz CT molecular complexity index is 1110. The molecule has 0 fully saturated rings. The summed E-state index contributed by atoms with van der Waals surface area (Å²) in [5.74, 6) is 0.867. The molecule has 0 N–H and O–H groups in total. The molecule has 1 aliphatic rings. The van der Waals surface area contributed by atoms with Crippen LogP contribution in [0.2, 0.25) is 5.02 Å². The van der Waals surface area contributed by atoms with Gasteiger partial charge in [0.1, 0.15) is 5.75 Å². The lowest BCUT2D eigenvalue weighted by atomic mass is 9.94. The second-order valence-corrected chi connectivity index (χ2v) is 7.18. The van der Waals surface area contributed by atoms with Crippen molar-refractivity contribution in [2.45, 2.75) is 13.0 Å². The molecule has 1 unspecified atom stereocenters. The first kappa shape index (κ1) is 16.2. The van der Waals surface area contributed by atoms with Crippen molar-refractivity contribution >= 4 is 11.6 Å². The van der Waals surface area contributed by atoms with Crippen molar-refractivity contribution < 1.29 is 4.74 Å². The molecule has 1 aliphatic heterocycles. The number of aromatic nitrogens is 2. The normalized spacial score (nSPS) is 15.0. The molecule has 0 amide bonds. The van der Waals surface area contributed by atoms with E-state index < -0.39 is 0 Å². The van der Waals surface area contributed by atoms with Crippen LogP contribution in [0.3, 0.4) is 0 Å². The minimum absolute atomic E-state index is 0.184. The molecule has 0 bridgehead atoms. The Labute approximate surface area is 162 Å². The third-order valence-corrected chi connectivity index (χ3v) is 5.17. The molecule has 27 heavy (non-hydrogen) atoms. The van der Waals surface area contributed by atoms with Gasteiger partial charge in [-0.15, -0.1) is 0 Å². The summed E-state index contributed by atoms with van der Waals surface area (Å²) >= 11 is 6.06. The molecule has 1 aromatic heterocycles. The standard InChI is InChI=1S/C23H17ClN2O/c1-15-6-8-16(9-7-15)23-20-14-25-26(18-12-10-17(24)11-13-18)22(20)19-4-2-3-5-21(19)27-23/h2-14,23H,1H3. The second-order valence-electron chi connectivity index (χ2n) is 6.74. The van der Waals surface area contributed by atoms with Crippen molar-refractivity contribution in [1.82, 2.24) is 9.78 Å². The first-order valence-electron chi connectivity index (χ1n) is 8.87.